The molecule has 0 radical (unpaired) electrons. The molecule has 144 valence electrons. The molecule has 0 aliphatic rings. The van der Waals surface area contributed by atoms with Crippen LogP contribution in [-0.2, 0) is 27.1 Å². The Kier molecular flexibility index (Phi) is 5.41. The normalized spacial score (nSPS) is 12.1. The van der Waals surface area contributed by atoms with Gasteiger partial charge < -0.3 is 4.57 Å². The average Bonchev–Trinajstić information content (AvgIpc) is 3.23. The molecule has 8 nitrogen and oxygen atoms in total. The first-order valence-electron chi connectivity index (χ1n) is 7.15. The number of nitrogens with one attached hydrogen (secondary N) is 2. The number of thiophene rings is 1. The summed E-state index contributed by atoms with van der Waals surface area (Å²) in [5.41, 5.74) is -0.160. The minimum atomic E-state index is -4.07. The minimum absolute atomic E-state index is 0.0504. The average molecular weight is 467 g/mol. The number of nitrogens with zero attached hydrogens (tertiary/aromatic N) is 2. The van der Waals surface area contributed by atoms with Gasteiger partial charge in [-0.25, -0.2) is 13.4 Å². The van der Waals surface area contributed by atoms with Crippen LogP contribution in [0.1, 0.15) is 0 Å². The summed E-state index contributed by atoms with van der Waals surface area (Å²) in [6.07, 6.45) is 2.62. The summed E-state index contributed by atoms with van der Waals surface area (Å²) in [5.74, 6) is 0. The quantitative estimate of drug-likeness (QED) is 0.578. The van der Waals surface area contributed by atoms with Gasteiger partial charge >= 0.3 is 0 Å². The Morgan fingerprint density at radius 2 is 1.63 bits per heavy atom. The molecule has 2 aromatic heterocycles. The van der Waals surface area contributed by atoms with Crippen LogP contribution in [0.25, 0.3) is 0 Å². The van der Waals surface area contributed by atoms with E-state index in [0.29, 0.717) is 0 Å². The number of rotatable bonds is 6. The molecule has 1 aromatic carbocycles. The fraction of sp³-hybridized carbons (Fsp3) is 0.0714. The zero-order valence-corrected chi connectivity index (χ0v) is 17.5. The van der Waals surface area contributed by atoms with Crippen molar-refractivity contribution in [3.8, 4) is 0 Å². The van der Waals surface area contributed by atoms with E-state index in [1.807, 2.05) is 0 Å². The van der Waals surface area contributed by atoms with E-state index in [-0.39, 0.29) is 30.7 Å². The first-order valence-corrected chi connectivity index (χ1v) is 11.7. The molecule has 2 heterocycles. The number of sulfonamides is 2. The summed E-state index contributed by atoms with van der Waals surface area (Å²) < 4.78 is 56.1. The Balaban J connectivity index is 2.02. The summed E-state index contributed by atoms with van der Waals surface area (Å²) in [4.78, 5) is 3.78. The molecule has 27 heavy (non-hydrogen) atoms. The maximum absolute atomic E-state index is 12.5. The summed E-state index contributed by atoms with van der Waals surface area (Å²) in [5, 5.41) is 1.48. The van der Waals surface area contributed by atoms with Crippen molar-refractivity contribution in [2.75, 3.05) is 9.44 Å². The molecular formula is C14H12Cl2N4O4S3. The highest BCUT2D eigenvalue weighted by Gasteiger charge is 2.23. The smallest absolute Gasteiger partial charge is 0.281 e. The van der Waals surface area contributed by atoms with Crippen molar-refractivity contribution in [2.45, 2.75) is 9.24 Å². The number of anilines is 2. The Labute approximate surface area is 169 Å². The van der Waals surface area contributed by atoms with Gasteiger partial charge in [-0.1, -0.05) is 29.3 Å². The molecule has 0 spiro atoms. The fourth-order valence-corrected chi connectivity index (χ4v) is 5.50. The van der Waals surface area contributed by atoms with Crippen molar-refractivity contribution in [1.29, 1.82) is 0 Å². The van der Waals surface area contributed by atoms with Gasteiger partial charge in [0, 0.05) is 13.2 Å². The van der Waals surface area contributed by atoms with E-state index in [1.165, 1.54) is 35.3 Å². The van der Waals surface area contributed by atoms with Gasteiger partial charge in [0.1, 0.15) is 4.21 Å². The Morgan fingerprint density at radius 1 is 1.04 bits per heavy atom. The van der Waals surface area contributed by atoms with Gasteiger partial charge in [-0.05, 0) is 23.6 Å². The van der Waals surface area contributed by atoms with E-state index in [1.54, 1.807) is 18.5 Å². The zero-order valence-electron chi connectivity index (χ0n) is 13.5. The Morgan fingerprint density at radius 3 is 2.11 bits per heavy atom. The zero-order chi connectivity index (χ0) is 19.8. The molecule has 0 aliphatic heterocycles. The lowest BCUT2D eigenvalue weighted by Gasteiger charge is -2.14. The first kappa shape index (κ1) is 20.0. The van der Waals surface area contributed by atoms with E-state index in [9.17, 15) is 16.8 Å². The second-order valence-electron chi connectivity index (χ2n) is 5.33. The molecular weight excluding hydrogens is 455 g/mol. The standard InChI is InChI=1S/C14H12Cl2N4O4S3/c1-20-7-13(17-8-20)26(21,22)18-11-5-9(15)10(16)6-12(11)19-27(23,24)14-3-2-4-25-14/h2-8,18-19H,1H3. The number of halogens is 2. The molecule has 0 saturated carbocycles. The van der Waals surface area contributed by atoms with Crippen molar-refractivity contribution in [3.63, 3.8) is 0 Å². The lowest BCUT2D eigenvalue weighted by molar-refractivity contribution is 0.597. The molecule has 0 aliphatic carbocycles. The minimum Gasteiger partial charge on any atom is -0.339 e. The van der Waals surface area contributed by atoms with Crippen LogP contribution in [0.2, 0.25) is 10.0 Å². The Bertz CT molecular complexity index is 1190. The van der Waals surface area contributed by atoms with Gasteiger partial charge in [-0.2, -0.15) is 8.42 Å². The van der Waals surface area contributed by atoms with Gasteiger partial charge in [0.2, 0.25) is 0 Å². The van der Waals surface area contributed by atoms with Crippen LogP contribution in [0, 0.1) is 0 Å². The lowest BCUT2D eigenvalue weighted by atomic mass is 10.3. The van der Waals surface area contributed by atoms with Crippen LogP contribution in [0.15, 0.2) is 51.4 Å². The van der Waals surface area contributed by atoms with Crippen molar-refractivity contribution in [3.05, 3.63) is 52.2 Å². The molecule has 0 atom stereocenters. The van der Waals surface area contributed by atoms with E-state index in [0.717, 1.165) is 11.3 Å². The van der Waals surface area contributed by atoms with E-state index < -0.39 is 20.0 Å². The number of hydrogen-bond donors (Lipinski definition) is 2. The molecule has 0 bridgehead atoms. The number of imidazole rings is 1. The maximum atomic E-state index is 12.5. The topological polar surface area (TPSA) is 110 Å². The molecule has 0 saturated heterocycles. The van der Waals surface area contributed by atoms with Gasteiger partial charge in [0.15, 0.2) is 5.03 Å². The molecule has 0 unspecified atom stereocenters. The van der Waals surface area contributed by atoms with Crippen LogP contribution < -0.4 is 9.44 Å². The molecule has 0 amide bonds. The van der Waals surface area contributed by atoms with Crippen molar-refractivity contribution in [1.82, 2.24) is 9.55 Å². The summed E-state index contributed by atoms with van der Waals surface area (Å²) >= 11 is 13.0. The lowest BCUT2D eigenvalue weighted by Crippen LogP contribution is -2.17. The van der Waals surface area contributed by atoms with Gasteiger partial charge in [-0.3, -0.25) is 9.44 Å². The summed E-state index contributed by atoms with van der Waals surface area (Å²) in [7, 11) is -6.38. The SMILES string of the molecule is Cn1cnc(S(=O)(=O)Nc2cc(Cl)c(Cl)cc2NS(=O)(=O)c2cccs2)c1. The third-order valence-corrected chi connectivity index (χ3v) is 8.00. The number of benzene rings is 1. The molecule has 13 heteroatoms. The number of aromatic nitrogens is 2. The largest absolute Gasteiger partial charge is 0.339 e. The van der Waals surface area contributed by atoms with Gasteiger partial charge in [0.05, 0.1) is 27.7 Å². The summed E-state index contributed by atoms with van der Waals surface area (Å²) in [6.45, 7) is 0. The van der Waals surface area contributed by atoms with Gasteiger partial charge in [0.25, 0.3) is 20.0 Å². The fourth-order valence-electron chi connectivity index (χ4n) is 2.05. The predicted octanol–water partition coefficient (Wildman–Crippen LogP) is 3.39. The van der Waals surface area contributed by atoms with Crippen molar-refractivity contribution in [2.24, 2.45) is 7.05 Å². The first-order chi connectivity index (χ1) is 12.6. The van der Waals surface area contributed by atoms with Crippen LogP contribution in [0.5, 0.6) is 0 Å². The van der Waals surface area contributed by atoms with E-state index in [2.05, 4.69) is 14.4 Å². The van der Waals surface area contributed by atoms with Crippen LogP contribution in [0.4, 0.5) is 11.4 Å². The third-order valence-electron chi connectivity index (χ3n) is 3.27. The van der Waals surface area contributed by atoms with Crippen molar-refractivity contribution < 1.29 is 16.8 Å². The van der Waals surface area contributed by atoms with Crippen LogP contribution in [0.3, 0.4) is 0 Å². The number of aryl methyl sites for hydroxylation is 1. The monoisotopic (exact) mass is 466 g/mol. The van der Waals surface area contributed by atoms with Crippen LogP contribution in [-0.4, -0.2) is 26.4 Å². The third kappa shape index (κ3) is 4.38. The molecule has 0 fully saturated rings. The molecule has 2 N–H and O–H groups in total. The highest BCUT2D eigenvalue weighted by atomic mass is 35.5. The van der Waals surface area contributed by atoms with E-state index >= 15 is 0 Å². The second-order valence-corrected chi connectivity index (χ2v) is 10.6. The second kappa shape index (κ2) is 7.32. The summed E-state index contributed by atoms with van der Waals surface area (Å²) in [6, 6.07) is 5.45. The predicted molar refractivity (Wildman–Crippen MR) is 106 cm³/mol. The molecule has 3 aromatic rings. The van der Waals surface area contributed by atoms with Gasteiger partial charge in [-0.15, -0.1) is 11.3 Å². The number of hydrogen-bond acceptors (Lipinski definition) is 6. The van der Waals surface area contributed by atoms with Crippen LogP contribution >= 0.6 is 34.5 Å². The van der Waals surface area contributed by atoms with E-state index in [4.69, 9.17) is 23.2 Å². The highest BCUT2D eigenvalue weighted by molar-refractivity contribution is 7.94. The Hall–Kier alpha value is -1.79. The van der Waals surface area contributed by atoms with Crippen molar-refractivity contribution >= 4 is 66.0 Å². The highest BCUT2D eigenvalue weighted by Crippen LogP contribution is 2.35. The maximum Gasteiger partial charge on any atom is 0.281 e. The molecule has 3 rings (SSSR count).